The SMILES string of the molecule is CN=C(NCc1ccc(N2CCOC(C)C2)nc1)NCC(C)(C)c1cccc(F)c1.I. The number of morpholine rings is 1. The predicted octanol–water partition coefficient (Wildman–Crippen LogP) is 3.71. The van der Waals surface area contributed by atoms with Crippen LogP contribution in [0.3, 0.4) is 0 Å². The zero-order valence-electron chi connectivity index (χ0n) is 18.7. The van der Waals surface area contributed by atoms with E-state index in [0.717, 1.165) is 36.6 Å². The molecule has 2 heterocycles. The third-order valence-electron chi connectivity index (χ3n) is 5.36. The molecule has 1 atom stereocenters. The van der Waals surface area contributed by atoms with Gasteiger partial charge in [-0.05, 0) is 36.2 Å². The van der Waals surface area contributed by atoms with Gasteiger partial charge in [0, 0.05) is 44.8 Å². The highest BCUT2D eigenvalue weighted by Gasteiger charge is 2.21. The number of anilines is 1. The van der Waals surface area contributed by atoms with Gasteiger partial charge in [0.2, 0.25) is 0 Å². The maximum atomic E-state index is 13.6. The minimum Gasteiger partial charge on any atom is -0.375 e. The lowest BCUT2D eigenvalue weighted by molar-refractivity contribution is 0.0529. The maximum absolute atomic E-state index is 13.6. The molecule has 3 rings (SSSR count). The van der Waals surface area contributed by atoms with E-state index in [0.29, 0.717) is 19.0 Å². The van der Waals surface area contributed by atoms with Gasteiger partial charge < -0.3 is 20.3 Å². The predicted molar refractivity (Wildman–Crippen MR) is 135 cm³/mol. The van der Waals surface area contributed by atoms with Gasteiger partial charge >= 0.3 is 0 Å². The number of benzene rings is 1. The van der Waals surface area contributed by atoms with Crippen LogP contribution in [0.1, 0.15) is 31.9 Å². The number of halogens is 2. The van der Waals surface area contributed by atoms with E-state index < -0.39 is 0 Å². The lowest BCUT2D eigenvalue weighted by Crippen LogP contribution is -2.43. The van der Waals surface area contributed by atoms with Crippen molar-refractivity contribution < 1.29 is 9.13 Å². The summed E-state index contributed by atoms with van der Waals surface area (Å²) in [6.45, 7) is 9.96. The Morgan fingerprint density at radius 1 is 1.29 bits per heavy atom. The maximum Gasteiger partial charge on any atom is 0.191 e. The Kier molecular flexibility index (Phi) is 9.49. The van der Waals surface area contributed by atoms with E-state index in [9.17, 15) is 4.39 Å². The quantitative estimate of drug-likeness (QED) is 0.332. The normalized spacial score (nSPS) is 17.1. The Hall–Kier alpha value is -1.94. The fourth-order valence-corrected chi connectivity index (χ4v) is 3.46. The van der Waals surface area contributed by atoms with E-state index in [2.05, 4.69) is 58.4 Å². The second-order valence-electron chi connectivity index (χ2n) is 8.33. The average Bonchev–Trinajstić information content (AvgIpc) is 2.74. The molecule has 0 aliphatic carbocycles. The molecule has 2 aromatic rings. The molecule has 1 saturated heterocycles. The van der Waals surface area contributed by atoms with Crippen molar-refractivity contribution in [2.45, 2.75) is 38.8 Å². The van der Waals surface area contributed by atoms with Crippen LogP contribution in [0.4, 0.5) is 10.2 Å². The van der Waals surface area contributed by atoms with Crippen LogP contribution in [0, 0.1) is 5.82 Å². The number of ether oxygens (including phenoxy) is 1. The molecule has 170 valence electrons. The first-order valence-corrected chi connectivity index (χ1v) is 10.4. The standard InChI is InChI=1S/C23H32FN5O.HI/c1-17-15-29(10-11-30-17)21-9-8-18(13-26-21)14-27-22(25-4)28-16-23(2,3)19-6-5-7-20(24)12-19;/h5-9,12-13,17H,10-11,14-16H2,1-4H3,(H2,25,27,28);1H. The van der Waals surface area contributed by atoms with Crippen molar-refractivity contribution in [1.82, 2.24) is 15.6 Å². The smallest absolute Gasteiger partial charge is 0.191 e. The van der Waals surface area contributed by atoms with Crippen LogP contribution in [0.15, 0.2) is 47.6 Å². The van der Waals surface area contributed by atoms with Crippen molar-refractivity contribution >= 4 is 35.8 Å². The van der Waals surface area contributed by atoms with Crippen LogP contribution >= 0.6 is 24.0 Å². The number of guanidine groups is 1. The Labute approximate surface area is 201 Å². The van der Waals surface area contributed by atoms with E-state index in [-0.39, 0.29) is 41.3 Å². The van der Waals surface area contributed by atoms with Crippen LogP contribution in [-0.4, -0.2) is 50.3 Å². The summed E-state index contributed by atoms with van der Waals surface area (Å²) in [6, 6.07) is 10.9. The Morgan fingerprint density at radius 2 is 2.10 bits per heavy atom. The van der Waals surface area contributed by atoms with E-state index >= 15 is 0 Å². The van der Waals surface area contributed by atoms with Crippen molar-refractivity contribution in [3.8, 4) is 0 Å². The largest absolute Gasteiger partial charge is 0.375 e. The van der Waals surface area contributed by atoms with Gasteiger partial charge in [0.1, 0.15) is 11.6 Å². The molecule has 1 aromatic carbocycles. The molecule has 0 saturated carbocycles. The lowest BCUT2D eigenvalue weighted by Gasteiger charge is -2.32. The third kappa shape index (κ3) is 7.31. The molecule has 1 fully saturated rings. The first-order chi connectivity index (χ1) is 14.4. The van der Waals surface area contributed by atoms with Crippen LogP contribution in [0.2, 0.25) is 0 Å². The second kappa shape index (κ2) is 11.6. The van der Waals surface area contributed by atoms with Crippen molar-refractivity contribution in [2.75, 3.05) is 38.2 Å². The Morgan fingerprint density at radius 3 is 2.74 bits per heavy atom. The number of aromatic nitrogens is 1. The second-order valence-corrected chi connectivity index (χ2v) is 8.33. The summed E-state index contributed by atoms with van der Waals surface area (Å²) in [4.78, 5) is 11.2. The van der Waals surface area contributed by atoms with Gasteiger partial charge in [0.15, 0.2) is 5.96 Å². The molecule has 6 nitrogen and oxygen atoms in total. The van der Waals surface area contributed by atoms with E-state index in [4.69, 9.17) is 4.74 Å². The molecule has 0 radical (unpaired) electrons. The molecule has 0 amide bonds. The van der Waals surface area contributed by atoms with Gasteiger partial charge in [-0.3, -0.25) is 4.99 Å². The number of nitrogens with zero attached hydrogens (tertiary/aromatic N) is 3. The van der Waals surface area contributed by atoms with Crippen LogP contribution in [0.25, 0.3) is 0 Å². The van der Waals surface area contributed by atoms with Crippen molar-refractivity contribution in [2.24, 2.45) is 4.99 Å². The molecule has 1 aromatic heterocycles. The van der Waals surface area contributed by atoms with Gasteiger partial charge in [-0.2, -0.15) is 0 Å². The highest BCUT2D eigenvalue weighted by atomic mass is 127. The van der Waals surface area contributed by atoms with Crippen LogP contribution < -0.4 is 15.5 Å². The minimum absolute atomic E-state index is 0. The molecule has 1 aliphatic heterocycles. The number of pyridine rings is 1. The third-order valence-corrected chi connectivity index (χ3v) is 5.36. The monoisotopic (exact) mass is 541 g/mol. The van der Waals surface area contributed by atoms with Crippen molar-refractivity contribution in [1.29, 1.82) is 0 Å². The molecule has 1 unspecified atom stereocenters. The summed E-state index contributed by atoms with van der Waals surface area (Å²) in [5.74, 6) is 1.46. The van der Waals surface area contributed by atoms with Crippen molar-refractivity contribution in [3.63, 3.8) is 0 Å². The summed E-state index contributed by atoms with van der Waals surface area (Å²) >= 11 is 0. The molecule has 2 N–H and O–H groups in total. The summed E-state index contributed by atoms with van der Waals surface area (Å²) < 4.78 is 19.2. The van der Waals surface area contributed by atoms with E-state index in [1.807, 2.05) is 12.3 Å². The summed E-state index contributed by atoms with van der Waals surface area (Å²) in [5, 5.41) is 6.66. The highest BCUT2D eigenvalue weighted by molar-refractivity contribution is 14.0. The van der Waals surface area contributed by atoms with Crippen LogP contribution in [-0.2, 0) is 16.7 Å². The van der Waals surface area contributed by atoms with Gasteiger partial charge in [-0.25, -0.2) is 9.37 Å². The average molecular weight is 541 g/mol. The van der Waals surface area contributed by atoms with E-state index in [1.165, 1.54) is 6.07 Å². The summed E-state index contributed by atoms with van der Waals surface area (Å²) in [6.07, 6.45) is 2.12. The fourth-order valence-electron chi connectivity index (χ4n) is 3.46. The van der Waals surface area contributed by atoms with Gasteiger partial charge in [0.25, 0.3) is 0 Å². The summed E-state index contributed by atoms with van der Waals surface area (Å²) in [5.41, 5.74) is 1.79. The molecule has 0 spiro atoms. The zero-order valence-corrected chi connectivity index (χ0v) is 21.0. The molecule has 0 bridgehead atoms. The van der Waals surface area contributed by atoms with Crippen LogP contribution in [0.5, 0.6) is 0 Å². The number of rotatable bonds is 6. The number of hydrogen-bond donors (Lipinski definition) is 2. The number of nitrogens with one attached hydrogen (secondary N) is 2. The highest BCUT2D eigenvalue weighted by Crippen LogP contribution is 2.22. The summed E-state index contributed by atoms with van der Waals surface area (Å²) in [7, 11) is 1.74. The Bertz CT molecular complexity index is 859. The molecular weight excluding hydrogens is 508 g/mol. The topological polar surface area (TPSA) is 61.8 Å². The Balaban J connectivity index is 0.00000341. The lowest BCUT2D eigenvalue weighted by atomic mass is 9.84. The molecule has 31 heavy (non-hydrogen) atoms. The first-order valence-electron chi connectivity index (χ1n) is 10.4. The van der Waals surface area contributed by atoms with Crippen molar-refractivity contribution in [3.05, 3.63) is 59.5 Å². The van der Waals surface area contributed by atoms with Gasteiger partial charge in [-0.15, -0.1) is 24.0 Å². The molecule has 8 heteroatoms. The molecule has 1 aliphatic rings. The van der Waals surface area contributed by atoms with E-state index in [1.54, 1.807) is 19.2 Å². The zero-order chi connectivity index (χ0) is 21.6. The van der Waals surface area contributed by atoms with Gasteiger partial charge in [-0.1, -0.05) is 32.0 Å². The minimum atomic E-state index is -0.238. The fraction of sp³-hybridized carbons (Fsp3) is 0.478. The number of aliphatic imine (C=N–C) groups is 1. The number of hydrogen-bond acceptors (Lipinski definition) is 4. The first kappa shape index (κ1) is 25.3. The molecular formula is C23H33FIN5O. The van der Waals surface area contributed by atoms with Gasteiger partial charge in [0.05, 0.1) is 12.7 Å².